The van der Waals surface area contributed by atoms with Gasteiger partial charge in [-0.05, 0) is 19.1 Å². The quantitative estimate of drug-likeness (QED) is 0.819. The van der Waals surface area contributed by atoms with Gasteiger partial charge in [-0.2, -0.15) is 0 Å². The number of carbonyl (C=O) groups is 2. The van der Waals surface area contributed by atoms with Gasteiger partial charge < -0.3 is 9.32 Å². The van der Waals surface area contributed by atoms with Gasteiger partial charge >= 0.3 is 6.03 Å². The Balaban J connectivity index is 2.04. The summed E-state index contributed by atoms with van der Waals surface area (Å²) in [5.41, 5.74) is 0. The van der Waals surface area contributed by atoms with Crippen LogP contribution < -0.4 is 5.32 Å². The number of hydrogen-bond donors (Lipinski definition) is 1. The number of hydrogen-bond acceptors (Lipinski definition) is 3. The number of aryl methyl sites for hydroxylation is 1. The molecule has 1 saturated heterocycles. The fourth-order valence-electron chi connectivity index (χ4n) is 1.70. The third-order valence-corrected chi connectivity index (χ3v) is 2.60. The van der Waals surface area contributed by atoms with Gasteiger partial charge in [-0.15, -0.1) is 0 Å². The molecule has 1 fully saturated rings. The largest absolute Gasteiger partial charge is 0.464 e. The molecule has 1 atom stereocenters. The predicted octanol–water partition coefficient (Wildman–Crippen LogP) is 1.28. The third kappa shape index (κ3) is 2.08. The van der Waals surface area contributed by atoms with E-state index < -0.39 is 0 Å². The number of furan rings is 1. The second kappa shape index (κ2) is 4.00. The zero-order valence-electron chi connectivity index (χ0n) is 9.32. The van der Waals surface area contributed by atoms with E-state index in [2.05, 4.69) is 5.32 Å². The fourth-order valence-corrected chi connectivity index (χ4v) is 1.70. The topological polar surface area (TPSA) is 62.6 Å². The molecule has 1 N–H and O–H groups in total. The highest BCUT2D eigenvalue weighted by Gasteiger charge is 2.29. The molecule has 16 heavy (non-hydrogen) atoms. The number of rotatable bonds is 2. The molecule has 0 bridgehead atoms. The molecule has 5 heteroatoms. The van der Waals surface area contributed by atoms with Crippen LogP contribution in [-0.4, -0.2) is 23.4 Å². The minimum atomic E-state index is -0.350. The monoisotopic (exact) mass is 222 g/mol. The van der Waals surface area contributed by atoms with Crippen molar-refractivity contribution in [3.63, 3.8) is 0 Å². The number of nitrogens with one attached hydrogen (secondary N) is 1. The van der Waals surface area contributed by atoms with Gasteiger partial charge in [0, 0.05) is 6.54 Å². The van der Waals surface area contributed by atoms with E-state index in [-0.39, 0.29) is 17.9 Å². The van der Waals surface area contributed by atoms with Gasteiger partial charge in [0.15, 0.2) is 0 Å². The van der Waals surface area contributed by atoms with Crippen LogP contribution in [0.1, 0.15) is 18.4 Å². The molecule has 0 radical (unpaired) electrons. The van der Waals surface area contributed by atoms with Crippen LogP contribution in [-0.2, 0) is 11.3 Å². The first-order valence-electron chi connectivity index (χ1n) is 5.21. The molecule has 1 unspecified atom stereocenters. The molecule has 1 aromatic heterocycles. The minimum absolute atomic E-state index is 0.172. The van der Waals surface area contributed by atoms with Crippen molar-refractivity contribution in [1.82, 2.24) is 10.2 Å². The van der Waals surface area contributed by atoms with E-state index in [0.29, 0.717) is 13.1 Å². The van der Waals surface area contributed by atoms with E-state index in [1.165, 1.54) is 0 Å². The number of amides is 3. The summed E-state index contributed by atoms with van der Waals surface area (Å²) in [4.78, 5) is 24.3. The number of carbonyl (C=O) groups excluding carboxylic acids is 2. The Bertz CT molecular complexity index is 425. The summed E-state index contributed by atoms with van der Waals surface area (Å²) >= 11 is 0. The first kappa shape index (κ1) is 10.7. The van der Waals surface area contributed by atoms with E-state index in [9.17, 15) is 9.59 Å². The van der Waals surface area contributed by atoms with Crippen molar-refractivity contribution in [2.45, 2.75) is 20.4 Å². The first-order valence-corrected chi connectivity index (χ1v) is 5.21. The zero-order valence-corrected chi connectivity index (χ0v) is 9.32. The fraction of sp³-hybridized carbons (Fsp3) is 0.455. The smallest absolute Gasteiger partial charge is 0.324 e. The second-order valence-corrected chi connectivity index (χ2v) is 4.09. The second-order valence-electron chi connectivity index (χ2n) is 4.09. The molecule has 0 spiro atoms. The van der Waals surface area contributed by atoms with Crippen molar-refractivity contribution in [3.8, 4) is 0 Å². The Hall–Kier alpha value is -1.78. The maximum absolute atomic E-state index is 11.5. The molecule has 5 nitrogen and oxygen atoms in total. The standard InChI is InChI=1S/C11H14N2O3/c1-7-5-13(11(15)12-10(7)14)6-9-4-3-8(2)16-9/h3-4,7H,5-6H2,1-2H3,(H,12,14,15). The highest BCUT2D eigenvalue weighted by Crippen LogP contribution is 2.14. The Morgan fingerprint density at radius 2 is 2.25 bits per heavy atom. The Labute approximate surface area is 93.4 Å². The molecule has 1 aliphatic heterocycles. The number of urea groups is 1. The molecule has 2 heterocycles. The van der Waals surface area contributed by atoms with Crippen LogP contribution in [0, 0.1) is 12.8 Å². The molecule has 0 aliphatic carbocycles. The summed E-state index contributed by atoms with van der Waals surface area (Å²) in [7, 11) is 0. The lowest BCUT2D eigenvalue weighted by Crippen LogP contribution is -2.53. The van der Waals surface area contributed by atoms with Gasteiger partial charge in [-0.3, -0.25) is 10.1 Å². The first-order chi connectivity index (χ1) is 7.56. The summed E-state index contributed by atoms with van der Waals surface area (Å²) in [6.07, 6.45) is 0. The highest BCUT2D eigenvalue weighted by molar-refractivity contribution is 5.97. The average Bonchev–Trinajstić information content (AvgIpc) is 2.60. The Morgan fingerprint density at radius 3 is 2.88 bits per heavy atom. The van der Waals surface area contributed by atoms with Crippen molar-refractivity contribution in [2.24, 2.45) is 5.92 Å². The van der Waals surface area contributed by atoms with Gasteiger partial charge in [0.2, 0.25) is 5.91 Å². The molecule has 2 rings (SSSR count). The summed E-state index contributed by atoms with van der Waals surface area (Å²) in [6.45, 7) is 4.48. The van der Waals surface area contributed by atoms with Crippen LogP contribution in [0.3, 0.4) is 0 Å². The summed E-state index contributed by atoms with van der Waals surface area (Å²) < 4.78 is 5.39. The van der Waals surface area contributed by atoms with E-state index >= 15 is 0 Å². The van der Waals surface area contributed by atoms with Crippen LogP contribution >= 0.6 is 0 Å². The van der Waals surface area contributed by atoms with E-state index in [4.69, 9.17) is 4.42 Å². The van der Waals surface area contributed by atoms with Crippen molar-refractivity contribution in [3.05, 3.63) is 23.7 Å². The van der Waals surface area contributed by atoms with Crippen LogP contribution in [0.15, 0.2) is 16.5 Å². The molecule has 1 aromatic rings. The molecule has 0 saturated carbocycles. The van der Waals surface area contributed by atoms with Crippen LogP contribution in [0.5, 0.6) is 0 Å². The average molecular weight is 222 g/mol. The number of imide groups is 1. The number of nitrogens with zero attached hydrogens (tertiary/aromatic N) is 1. The van der Waals surface area contributed by atoms with E-state index in [1.54, 1.807) is 11.8 Å². The van der Waals surface area contributed by atoms with Crippen molar-refractivity contribution in [1.29, 1.82) is 0 Å². The Morgan fingerprint density at radius 1 is 1.50 bits per heavy atom. The normalized spacial score (nSPS) is 21.1. The Kier molecular flexibility index (Phi) is 2.68. The minimum Gasteiger partial charge on any atom is -0.464 e. The van der Waals surface area contributed by atoms with Crippen molar-refractivity contribution >= 4 is 11.9 Å². The van der Waals surface area contributed by atoms with E-state index in [0.717, 1.165) is 11.5 Å². The molecule has 0 aromatic carbocycles. The van der Waals surface area contributed by atoms with Gasteiger partial charge in [0.05, 0.1) is 12.5 Å². The van der Waals surface area contributed by atoms with E-state index in [1.807, 2.05) is 19.1 Å². The molecule has 3 amide bonds. The highest BCUT2D eigenvalue weighted by atomic mass is 16.3. The van der Waals surface area contributed by atoms with Gasteiger partial charge in [0.1, 0.15) is 11.5 Å². The van der Waals surface area contributed by atoms with Gasteiger partial charge in [0.25, 0.3) is 0 Å². The summed E-state index contributed by atoms with van der Waals surface area (Å²) in [5, 5.41) is 2.31. The molecular formula is C11H14N2O3. The molecule has 1 aliphatic rings. The SMILES string of the molecule is Cc1ccc(CN2CC(C)C(=O)NC2=O)o1. The lowest BCUT2D eigenvalue weighted by atomic mass is 10.1. The van der Waals surface area contributed by atoms with Crippen molar-refractivity contribution in [2.75, 3.05) is 6.54 Å². The summed E-state index contributed by atoms with van der Waals surface area (Å²) in [6, 6.07) is 3.34. The predicted molar refractivity (Wildman–Crippen MR) is 56.6 cm³/mol. The molecule has 86 valence electrons. The van der Waals surface area contributed by atoms with Crippen molar-refractivity contribution < 1.29 is 14.0 Å². The maximum atomic E-state index is 11.5. The van der Waals surface area contributed by atoms with Gasteiger partial charge in [-0.1, -0.05) is 6.92 Å². The zero-order chi connectivity index (χ0) is 11.7. The van der Waals surface area contributed by atoms with Crippen LogP contribution in [0.4, 0.5) is 4.79 Å². The summed E-state index contributed by atoms with van der Waals surface area (Å²) in [5.74, 6) is 1.16. The lowest BCUT2D eigenvalue weighted by molar-refractivity contribution is -0.125. The maximum Gasteiger partial charge on any atom is 0.324 e. The van der Waals surface area contributed by atoms with Crippen LogP contribution in [0.2, 0.25) is 0 Å². The lowest BCUT2D eigenvalue weighted by Gasteiger charge is -2.29. The third-order valence-electron chi connectivity index (χ3n) is 2.60. The van der Waals surface area contributed by atoms with Gasteiger partial charge in [-0.25, -0.2) is 4.79 Å². The van der Waals surface area contributed by atoms with Crippen LogP contribution in [0.25, 0.3) is 0 Å². The molecular weight excluding hydrogens is 208 g/mol.